The van der Waals surface area contributed by atoms with E-state index in [-0.39, 0.29) is 11.1 Å². The van der Waals surface area contributed by atoms with Crippen molar-refractivity contribution in [2.24, 2.45) is 12.5 Å². The van der Waals surface area contributed by atoms with Crippen LogP contribution in [0, 0.1) is 12.3 Å². The van der Waals surface area contributed by atoms with Gasteiger partial charge in [-0.05, 0) is 35.6 Å². The first-order chi connectivity index (χ1) is 10.8. The Hall–Kier alpha value is -2.29. The van der Waals surface area contributed by atoms with Crippen molar-refractivity contribution in [2.75, 3.05) is 0 Å². The van der Waals surface area contributed by atoms with E-state index in [4.69, 9.17) is 0 Å². The summed E-state index contributed by atoms with van der Waals surface area (Å²) < 4.78 is 3.63. The van der Waals surface area contributed by atoms with Crippen LogP contribution >= 0.6 is 0 Å². The van der Waals surface area contributed by atoms with Gasteiger partial charge in [0.05, 0.1) is 11.0 Å². The molecule has 0 amide bonds. The van der Waals surface area contributed by atoms with Crippen LogP contribution < -0.4 is 5.69 Å². The molecule has 0 fully saturated rings. The van der Waals surface area contributed by atoms with Gasteiger partial charge >= 0.3 is 5.69 Å². The molecule has 0 N–H and O–H groups in total. The number of hydrogen-bond acceptors (Lipinski definition) is 1. The van der Waals surface area contributed by atoms with Crippen LogP contribution in [0.25, 0.3) is 22.2 Å². The van der Waals surface area contributed by atoms with Crippen molar-refractivity contribution in [2.45, 2.75) is 34.2 Å². The highest BCUT2D eigenvalue weighted by molar-refractivity contribution is 5.82. The van der Waals surface area contributed by atoms with Crippen LogP contribution in [0.2, 0.25) is 0 Å². The van der Waals surface area contributed by atoms with Crippen LogP contribution in [0.5, 0.6) is 0 Å². The molecule has 0 spiro atoms. The van der Waals surface area contributed by atoms with Crippen molar-refractivity contribution in [3.8, 4) is 11.1 Å². The summed E-state index contributed by atoms with van der Waals surface area (Å²) >= 11 is 0. The molecule has 1 aromatic heterocycles. The van der Waals surface area contributed by atoms with Crippen LogP contribution in [0.15, 0.2) is 47.3 Å². The fourth-order valence-corrected chi connectivity index (χ4v) is 2.96. The van der Waals surface area contributed by atoms with E-state index >= 15 is 0 Å². The minimum Gasteiger partial charge on any atom is -0.295 e. The Morgan fingerprint density at radius 1 is 0.913 bits per heavy atom. The average Bonchev–Trinajstić information content (AvgIpc) is 2.71. The Morgan fingerprint density at radius 2 is 1.52 bits per heavy atom. The molecule has 120 valence electrons. The molecule has 3 heteroatoms. The Labute approximate surface area is 137 Å². The quantitative estimate of drug-likeness (QED) is 0.691. The van der Waals surface area contributed by atoms with Crippen molar-refractivity contribution >= 4 is 11.0 Å². The molecule has 0 saturated heterocycles. The van der Waals surface area contributed by atoms with E-state index in [0.29, 0.717) is 6.54 Å². The first-order valence-corrected chi connectivity index (χ1v) is 8.02. The summed E-state index contributed by atoms with van der Waals surface area (Å²) in [6.07, 6.45) is 0. The number of aryl methyl sites for hydroxylation is 2. The second kappa shape index (κ2) is 5.41. The molecule has 0 aliphatic rings. The summed E-state index contributed by atoms with van der Waals surface area (Å²) in [4.78, 5) is 12.6. The van der Waals surface area contributed by atoms with Gasteiger partial charge in [-0.3, -0.25) is 9.13 Å². The van der Waals surface area contributed by atoms with Gasteiger partial charge in [0.1, 0.15) is 0 Å². The minimum absolute atomic E-state index is 0.0518. The topological polar surface area (TPSA) is 26.9 Å². The first-order valence-electron chi connectivity index (χ1n) is 8.02. The third kappa shape index (κ3) is 2.96. The lowest BCUT2D eigenvalue weighted by Crippen LogP contribution is -2.27. The summed E-state index contributed by atoms with van der Waals surface area (Å²) in [5.74, 6) is 0. The van der Waals surface area contributed by atoms with Crippen LogP contribution in [0.1, 0.15) is 26.3 Å². The number of benzene rings is 2. The number of nitrogens with zero attached hydrogens (tertiary/aromatic N) is 2. The normalized spacial score (nSPS) is 12.0. The van der Waals surface area contributed by atoms with Gasteiger partial charge in [-0.25, -0.2) is 4.79 Å². The van der Waals surface area contributed by atoms with E-state index in [2.05, 4.69) is 70.2 Å². The molecule has 0 aliphatic heterocycles. The monoisotopic (exact) mass is 308 g/mol. The maximum absolute atomic E-state index is 12.6. The highest BCUT2D eigenvalue weighted by Gasteiger charge is 2.17. The zero-order valence-electron chi connectivity index (χ0n) is 14.6. The predicted octanol–water partition coefficient (Wildman–Crippen LogP) is 4.36. The number of aromatic nitrogens is 2. The van der Waals surface area contributed by atoms with E-state index in [1.807, 2.05) is 11.6 Å². The lowest BCUT2D eigenvalue weighted by Gasteiger charge is -2.18. The van der Waals surface area contributed by atoms with E-state index in [9.17, 15) is 4.79 Å². The van der Waals surface area contributed by atoms with Crippen molar-refractivity contribution in [1.29, 1.82) is 0 Å². The van der Waals surface area contributed by atoms with Crippen molar-refractivity contribution in [1.82, 2.24) is 9.13 Å². The molecule has 1 heterocycles. The zero-order valence-corrected chi connectivity index (χ0v) is 14.6. The Bertz CT molecular complexity index is 906. The van der Waals surface area contributed by atoms with Crippen LogP contribution in [-0.4, -0.2) is 9.13 Å². The van der Waals surface area contributed by atoms with Crippen LogP contribution in [-0.2, 0) is 13.6 Å². The Balaban J connectivity index is 2.16. The Kier molecular flexibility index (Phi) is 3.67. The fourth-order valence-electron chi connectivity index (χ4n) is 2.96. The average molecular weight is 308 g/mol. The van der Waals surface area contributed by atoms with Gasteiger partial charge in [0, 0.05) is 13.6 Å². The van der Waals surface area contributed by atoms with Crippen molar-refractivity contribution in [3.05, 3.63) is 58.5 Å². The van der Waals surface area contributed by atoms with Crippen molar-refractivity contribution in [3.63, 3.8) is 0 Å². The lowest BCUT2D eigenvalue weighted by atomic mass is 9.97. The fraction of sp³-hybridized carbons (Fsp3) is 0.350. The first kappa shape index (κ1) is 15.6. The maximum Gasteiger partial charge on any atom is 0.328 e. The molecule has 0 saturated carbocycles. The summed E-state index contributed by atoms with van der Waals surface area (Å²) in [5.41, 5.74) is 5.66. The number of fused-ring (bicyclic) bond motifs is 1. The van der Waals surface area contributed by atoms with E-state index in [1.54, 1.807) is 4.57 Å². The summed E-state index contributed by atoms with van der Waals surface area (Å²) in [6, 6.07) is 14.8. The van der Waals surface area contributed by atoms with Gasteiger partial charge in [0.15, 0.2) is 0 Å². The van der Waals surface area contributed by atoms with Gasteiger partial charge < -0.3 is 0 Å². The largest absolute Gasteiger partial charge is 0.328 e. The van der Waals surface area contributed by atoms with Crippen molar-refractivity contribution < 1.29 is 0 Å². The van der Waals surface area contributed by atoms with Gasteiger partial charge in [-0.15, -0.1) is 0 Å². The predicted molar refractivity (Wildman–Crippen MR) is 96.8 cm³/mol. The number of imidazole rings is 1. The second-order valence-electron chi connectivity index (χ2n) is 7.56. The molecule has 0 unspecified atom stereocenters. The van der Waals surface area contributed by atoms with Gasteiger partial charge in [0.25, 0.3) is 0 Å². The molecule has 3 rings (SSSR count). The molecule has 3 nitrogen and oxygen atoms in total. The summed E-state index contributed by atoms with van der Waals surface area (Å²) in [5, 5.41) is 0. The molecule has 2 aromatic carbocycles. The zero-order chi connectivity index (χ0) is 16.8. The van der Waals surface area contributed by atoms with E-state index in [1.165, 1.54) is 11.1 Å². The smallest absolute Gasteiger partial charge is 0.295 e. The highest BCUT2D eigenvalue weighted by atomic mass is 16.1. The molecule has 3 aromatic rings. The molecule has 0 radical (unpaired) electrons. The van der Waals surface area contributed by atoms with Gasteiger partial charge in [0.2, 0.25) is 0 Å². The molecule has 0 bridgehead atoms. The SMILES string of the molecule is Cc1ccc(-c2ccc3c(c2)n(C)c(=O)n3CC(C)(C)C)cc1. The van der Waals surface area contributed by atoms with Crippen LogP contribution in [0.3, 0.4) is 0 Å². The molecule has 0 atom stereocenters. The summed E-state index contributed by atoms with van der Waals surface area (Å²) in [6.45, 7) is 9.26. The highest BCUT2D eigenvalue weighted by Crippen LogP contribution is 2.26. The third-order valence-corrected chi connectivity index (χ3v) is 4.16. The number of rotatable bonds is 2. The molecule has 0 aliphatic carbocycles. The second-order valence-corrected chi connectivity index (χ2v) is 7.56. The van der Waals surface area contributed by atoms with Crippen LogP contribution in [0.4, 0.5) is 0 Å². The van der Waals surface area contributed by atoms with E-state index < -0.39 is 0 Å². The molecule has 23 heavy (non-hydrogen) atoms. The van der Waals surface area contributed by atoms with Gasteiger partial charge in [-0.1, -0.05) is 56.7 Å². The minimum atomic E-state index is 0.0518. The summed E-state index contributed by atoms with van der Waals surface area (Å²) in [7, 11) is 1.85. The third-order valence-electron chi connectivity index (χ3n) is 4.16. The molecular weight excluding hydrogens is 284 g/mol. The number of hydrogen-bond donors (Lipinski definition) is 0. The van der Waals surface area contributed by atoms with Gasteiger partial charge in [-0.2, -0.15) is 0 Å². The Morgan fingerprint density at radius 3 is 2.13 bits per heavy atom. The molecular formula is C20H24N2O. The lowest BCUT2D eigenvalue weighted by molar-refractivity contribution is 0.342. The van der Waals surface area contributed by atoms with E-state index in [0.717, 1.165) is 16.6 Å². The standard InChI is InChI=1S/C20H24N2O/c1-14-6-8-15(9-7-14)16-10-11-17-18(12-16)21(5)19(23)22(17)13-20(2,3)4/h6-12H,13H2,1-5H3. The maximum atomic E-state index is 12.6.